The van der Waals surface area contributed by atoms with Crippen molar-refractivity contribution in [3.63, 3.8) is 0 Å². The Morgan fingerprint density at radius 2 is 0.792 bits per heavy atom. The van der Waals surface area contributed by atoms with Crippen molar-refractivity contribution in [1.29, 1.82) is 10.5 Å². The Labute approximate surface area is 281 Å². The first-order valence-electron chi connectivity index (χ1n) is 14.3. The van der Waals surface area contributed by atoms with Crippen molar-refractivity contribution < 1.29 is 19.2 Å². The second-order valence-electron chi connectivity index (χ2n) is 10.4. The molecular formula is C36H18N6O4S2. The molecule has 0 bridgehead atoms. The molecule has 4 heterocycles. The van der Waals surface area contributed by atoms with Gasteiger partial charge in [-0.3, -0.25) is 19.2 Å². The summed E-state index contributed by atoms with van der Waals surface area (Å²) in [5.41, 5.74) is 5.71. The van der Waals surface area contributed by atoms with Crippen LogP contribution in [0, 0.1) is 22.7 Å². The molecule has 2 aromatic heterocycles. The molecule has 0 N–H and O–H groups in total. The van der Waals surface area contributed by atoms with Crippen LogP contribution in [0.4, 0.5) is 10.3 Å². The topological polar surface area (TPSA) is 148 Å². The highest BCUT2D eigenvalue weighted by molar-refractivity contribution is 7.15. The number of benzene rings is 4. The minimum Gasteiger partial charge on any atom is -0.268 e. The van der Waals surface area contributed by atoms with Gasteiger partial charge in [-0.05, 0) is 48.5 Å². The molecule has 4 amide bonds. The Bertz CT molecular complexity index is 2130. The fourth-order valence-corrected chi connectivity index (χ4v) is 6.81. The molecule has 228 valence electrons. The summed E-state index contributed by atoms with van der Waals surface area (Å²) in [4.78, 5) is 61.0. The summed E-state index contributed by atoms with van der Waals surface area (Å²) in [6.45, 7) is 0. The van der Waals surface area contributed by atoms with Crippen molar-refractivity contribution in [3.8, 4) is 34.7 Å². The third kappa shape index (κ3) is 5.23. The van der Waals surface area contributed by atoms with E-state index in [0.717, 1.165) is 20.9 Å². The molecule has 8 rings (SSSR count). The number of carbonyl (C=O) groups excluding carboxylic acids is 4. The number of thiazole rings is 2. The van der Waals surface area contributed by atoms with E-state index in [4.69, 9.17) is 10.5 Å². The summed E-state index contributed by atoms with van der Waals surface area (Å²) in [6, 6.07) is 31.6. The lowest BCUT2D eigenvalue weighted by atomic mass is 10.1. The SMILES string of the molecule is N#Cc1ccc(-c2csc(N3C(=O)c4ccccc4C3=O)n2)cc1.N#Cc1ccc(-c2csc(N3C(=O)c4ccccc4C3=O)n2)cc1. The number of aromatic nitrogens is 2. The van der Waals surface area contributed by atoms with Gasteiger partial charge in [-0.1, -0.05) is 48.5 Å². The fraction of sp³-hybridized carbons (Fsp3) is 0. The van der Waals surface area contributed by atoms with E-state index in [0.29, 0.717) is 55.0 Å². The van der Waals surface area contributed by atoms with Crippen LogP contribution in [0.25, 0.3) is 22.5 Å². The number of hydrogen-bond acceptors (Lipinski definition) is 10. The van der Waals surface area contributed by atoms with Gasteiger partial charge in [-0.2, -0.15) is 10.5 Å². The van der Waals surface area contributed by atoms with Crippen molar-refractivity contribution in [2.75, 3.05) is 9.80 Å². The molecule has 0 atom stereocenters. The zero-order chi connectivity index (χ0) is 33.4. The maximum Gasteiger partial charge on any atom is 0.268 e. The van der Waals surface area contributed by atoms with Crippen LogP contribution in [0.5, 0.6) is 0 Å². The molecular weight excluding hydrogens is 645 g/mol. The standard InChI is InChI=1S/2C18H9N3O2S/c2*19-9-11-5-7-12(8-6-11)15-10-24-18(20-15)21-16(22)13-3-1-2-4-14(13)17(21)23/h2*1-8,10H. The maximum atomic E-state index is 12.5. The highest BCUT2D eigenvalue weighted by Gasteiger charge is 2.39. The van der Waals surface area contributed by atoms with E-state index in [1.54, 1.807) is 108 Å². The van der Waals surface area contributed by atoms with E-state index in [1.165, 1.54) is 22.7 Å². The predicted molar refractivity (Wildman–Crippen MR) is 180 cm³/mol. The Morgan fingerprint density at radius 1 is 0.479 bits per heavy atom. The third-order valence-corrected chi connectivity index (χ3v) is 9.23. The number of hydrogen-bond donors (Lipinski definition) is 0. The lowest BCUT2D eigenvalue weighted by Crippen LogP contribution is -2.29. The highest BCUT2D eigenvalue weighted by Crippen LogP contribution is 2.34. The number of imide groups is 2. The Balaban J connectivity index is 0.000000152. The number of carbonyl (C=O) groups is 4. The number of amides is 4. The lowest BCUT2D eigenvalue weighted by Gasteiger charge is -2.08. The monoisotopic (exact) mass is 662 g/mol. The van der Waals surface area contributed by atoms with Crippen LogP contribution in [0.2, 0.25) is 0 Å². The number of rotatable bonds is 4. The van der Waals surface area contributed by atoms with Crippen LogP contribution in [-0.2, 0) is 0 Å². The van der Waals surface area contributed by atoms with Crippen molar-refractivity contribution in [2.45, 2.75) is 0 Å². The van der Waals surface area contributed by atoms with Gasteiger partial charge in [0.15, 0.2) is 10.3 Å². The average molecular weight is 663 g/mol. The first-order chi connectivity index (χ1) is 23.4. The number of anilines is 2. The van der Waals surface area contributed by atoms with Crippen LogP contribution in [-0.4, -0.2) is 33.6 Å². The minimum atomic E-state index is -0.351. The van der Waals surface area contributed by atoms with E-state index in [9.17, 15) is 19.2 Å². The summed E-state index contributed by atoms with van der Waals surface area (Å²) in [7, 11) is 0. The van der Waals surface area contributed by atoms with Crippen LogP contribution in [0.1, 0.15) is 52.6 Å². The molecule has 2 aliphatic heterocycles. The molecule has 0 radical (unpaired) electrons. The van der Waals surface area contributed by atoms with Crippen LogP contribution >= 0.6 is 22.7 Å². The Hall–Kier alpha value is -6.60. The van der Waals surface area contributed by atoms with Gasteiger partial charge in [-0.15, -0.1) is 22.7 Å². The highest BCUT2D eigenvalue weighted by atomic mass is 32.1. The molecule has 48 heavy (non-hydrogen) atoms. The Morgan fingerprint density at radius 3 is 1.08 bits per heavy atom. The molecule has 0 saturated carbocycles. The first-order valence-corrected chi connectivity index (χ1v) is 16.0. The fourth-order valence-electron chi connectivity index (χ4n) is 5.16. The quantitative estimate of drug-likeness (QED) is 0.184. The van der Waals surface area contributed by atoms with Crippen LogP contribution < -0.4 is 9.80 Å². The Kier molecular flexibility index (Phi) is 7.71. The zero-order valence-electron chi connectivity index (χ0n) is 24.5. The third-order valence-electron chi connectivity index (χ3n) is 7.57. The van der Waals surface area contributed by atoms with Crippen LogP contribution in [0.3, 0.4) is 0 Å². The molecule has 0 saturated heterocycles. The number of nitrogens with zero attached hydrogens (tertiary/aromatic N) is 6. The maximum absolute atomic E-state index is 12.5. The van der Waals surface area contributed by atoms with E-state index in [2.05, 4.69) is 22.1 Å². The van der Waals surface area contributed by atoms with Gasteiger partial charge < -0.3 is 0 Å². The van der Waals surface area contributed by atoms with E-state index in [-0.39, 0.29) is 23.6 Å². The van der Waals surface area contributed by atoms with Gasteiger partial charge in [0.25, 0.3) is 23.6 Å². The van der Waals surface area contributed by atoms with Gasteiger partial charge >= 0.3 is 0 Å². The minimum absolute atomic E-state index is 0.348. The molecule has 12 heteroatoms. The van der Waals surface area contributed by atoms with Crippen molar-refractivity contribution >= 4 is 56.6 Å². The lowest BCUT2D eigenvalue weighted by molar-refractivity contribution is 0.0910. The summed E-state index contributed by atoms with van der Waals surface area (Å²) >= 11 is 2.48. The van der Waals surface area contributed by atoms with E-state index < -0.39 is 0 Å². The molecule has 0 aliphatic carbocycles. The second kappa shape index (κ2) is 12.3. The van der Waals surface area contributed by atoms with Gasteiger partial charge in [0.2, 0.25) is 0 Å². The second-order valence-corrected chi connectivity index (χ2v) is 12.1. The molecule has 0 fully saturated rings. The van der Waals surface area contributed by atoms with Crippen LogP contribution in [0.15, 0.2) is 108 Å². The van der Waals surface area contributed by atoms with Gasteiger partial charge in [0.1, 0.15) is 0 Å². The summed E-state index contributed by atoms with van der Waals surface area (Å²) < 4.78 is 0. The van der Waals surface area contributed by atoms with Gasteiger partial charge in [0, 0.05) is 21.9 Å². The molecule has 10 nitrogen and oxygen atoms in total. The van der Waals surface area contributed by atoms with Gasteiger partial charge in [-0.25, -0.2) is 19.8 Å². The first kappa shape index (κ1) is 30.1. The van der Waals surface area contributed by atoms with E-state index in [1.807, 2.05) is 0 Å². The van der Waals surface area contributed by atoms with Crippen molar-refractivity contribution in [2.24, 2.45) is 0 Å². The summed E-state index contributed by atoms with van der Waals surface area (Å²) in [6.07, 6.45) is 0. The molecule has 0 spiro atoms. The van der Waals surface area contributed by atoms with Crippen molar-refractivity contribution in [1.82, 2.24) is 9.97 Å². The normalized spacial score (nSPS) is 13.0. The summed E-state index contributed by atoms with van der Waals surface area (Å²) in [5.74, 6) is -1.40. The number of nitriles is 2. The molecule has 2 aliphatic rings. The van der Waals surface area contributed by atoms with E-state index >= 15 is 0 Å². The summed E-state index contributed by atoms with van der Waals surface area (Å²) in [5, 5.41) is 22.0. The molecule has 6 aromatic rings. The largest absolute Gasteiger partial charge is 0.268 e. The molecule has 0 unspecified atom stereocenters. The zero-order valence-corrected chi connectivity index (χ0v) is 26.2. The molecule has 4 aromatic carbocycles. The number of fused-ring (bicyclic) bond motifs is 2. The van der Waals surface area contributed by atoms with Gasteiger partial charge in [0.05, 0.1) is 56.9 Å². The smallest absolute Gasteiger partial charge is 0.268 e. The average Bonchev–Trinajstić information content (AvgIpc) is 3.92. The predicted octanol–water partition coefficient (Wildman–Crippen LogP) is 6.96. The van der Waals surface area contributed by atoms with Crippen molar-refractivity contribution in [3.05, 3.63) is 141 Å².